The molecule has 100 valence electrons. The van der Waals surface area contributed by atoms with Crippen molar-refractivity contribution in [2.24, 2.45) is 5.41 Å². The van der Waals surface area contributed by atoms with Gasteiger partial charge in [-0.15, -0.1) is 0 Å². The van der Waals surface area contributed by atoms with E-state index in [1.807, 2.05) is 0 Å². The summed E-state index contributed by atoms with van der Waals surface area (Å²) in [5.74, 6) is 1.66. The maximum absolute atomic E-state index is 9.49. The van der Waals surface area contributed by atoms with Crippen LogP contribution in [0.25, 0.3) is 5.57 Å². The van der Waals surface area contributed by atoms with E-state index in [9.17, 15) is 5.26 Å². The van der Waals surface area contributed by atoms with Crippen molar-refractivity contribution in [3.63, 3.8) is 0 Å². The van der Waals surface area contributed by atoms with Crippen LogP contribution in [0.2, 0.25) is 0 Å². The number of aromatic nitrogens is 2. The number of hydrogen-bond donors (Lipinski definition) is 0. The summed E-state index contributed by atoms with van der Waals surface area (Å²) in [4.78, 5) is 4.43. The molecule has 4 nitrogen and oxygen atoms in total. The lowest BCUT2D eigenvalue weighted by atomic mass is 9.71. The molecule has 0 amide bonds. The molecule has 0 spiro atoms. The van der Waals surface area contributed by atoms with Gasteiger partial charge in [0, 0.05) is 5.92 Å². The highest BCUT2D eigenvalue weighted by Crippen LogP contribution is 2.44. The second-order valence-electron chi connectivity index (χ2n) is 6.29. The molecule has 0 aromatic carbocycles. The maximum Gasteiger partial charge on any atom is 0.268 e. The molecular weight excluding hydrogens is 238 g/mol. The van der Waals surface area contributed by atoms with Crippen molar-refractivity contribution >= 4 is 5.57 Å². The zero-order valence-corrected chi connectivity index (χ0v) is 11.6. The van der Waals surface area contributed by atoms with Gasteiger partial charge in [-0.25, -0.2) is 0 Å². The Morgan fingerprint density at radius 3 is 2.79 bits per heavy atom. The molecule has 0 radical (unpaired) electrons. The Balaban J connectivity index is 2.00. The van der Waals surface area contributed by atoms with Crippen LogP contribution in [0.1, 0.15) is 70.0 Å². The minimum atomic E-state index is 0.0670. The first kappa shape index (κ1) is 12.4. The van der Waals surface area contributed by atoms with Gasteiger partial charge in [0.15, 0.2) is 5.82 Å². The molecule has 0 bridgehead atoms. The summed E-state index contributed by atoms with van der Waals surface area (Å²) in [5.41, 5.74) is 1.87. The summed E-state index contributed by atoms with van der Waals surface area (Å²) in [6, 6.07) is 2.30. The molecule has 2 aliphatic rings. The monoisotopic (exact) mass is 257 g/mol. The highest BCUT2D eigenvalue weighted by atomic mass is 16.5. The Morgan fingerprint density at radius 1 is 1.37 bits per heavy atom. The molecular formula is C15H19N3O. The van der Waals surface area contributed by atoms with Gasteiger partial charge >= 0.3 is 0 Å². The highest BCUT2D eigenvalue weighted by Gasteiger charge is 2.33. The molecule has 4 heteroatoms. The van der Waals surface area contributed by atoms with E-state index < -0.39 is 0 Å². The van der Waals surface area contributed by atoms with Crippen molar-refractivity contribution in [3.8, 4) is 6.07 Å². The molecule has 2 aliphatic carbocycles. The predicted octanol–water partition coefficient (Wildman–Crippen LogP) is 3.82. The third-order valence-electron chi connectivity index (χ3n) is 4.31. The summed E-state index contributed by atoms with van der Waals surface area (Å²) in [7, 11) is 0. The van der Waals surface area contributed by atoms with Crippen molar-refractivity contribution in [3.05, 3.63) is 17.3 Å². The average Bonchev–Trinajstić information content (AvgIpc) is 3.12. The van der Waals surface area contributed by atoms with Crippen LogP contribution in [0.5, 0.6) is 0 Å². The number of hydrogen-bond acceptors (Lipinski definition) is 4. The quantitative estimate of drug-likeness (QED) is 0.755. The van der Waals surface area contributed by atoms with Crippen LogP contribution in [-0.2, 0) is 0 Å². The van der Waals surface area contributed by atoms with E-state index in [0.29, 0.717) is 17.4 Å². The smallest absolute Gasteiger partial charge is 0.268 e. The second kappa shape index (κ2) is 4.48. The summed E-state index contributed by atoms with van der Waals surface area (Å²) >= 11 is 0. The Hall–Kier alpha value is -1.63. The Labute approximate surface area is 113 Å². The van der Waals surface area contributed by atoms with Gasteiger partial charge in [0.25, 0.3) is 5.89 Å². The van der Waals surface area contributed by atoms with Crippen molar-refractivity contribution in [1.29, 1.82) is 5.26 Å². The van der Waals surface area contributed by atoms with E-state index in [1.165, 1.54) is 12.0 Å². The SMILES string of the molecule is CC1(C)CCCCC1=C(C#N)c1nc(C2CC2)no1. The minimum Gasteiger partial charge on any atom is -0.333 e. The predicted molar refractivity (Wildman–Crippen MR) is 71.1 cm³/mol. The normalized spacial score (nSPS) is 24.9. The third kappa shape index (κ3) is 2.30. The van der Waals surface area contributed by atoms with Gasteiger partial charge < -0.3 is 4.52 Å². The van der Waals surface area contributed by atoms with E-state index >= 15 is 0 Å². The Bertz CT molecular complexity index is 558. The molecule has 1 aromatic rings. The molecule has 0 unspecified atom stereocenters. The van der Waals surface area contributed by atoms with Gasteiger partial charge in [-0.1, -0.05) is 25.4 Å². The summed E-state index contributed by atoms with van der Waals surface area (Å²) in [5, 5.41) is 13.5. The lowest BCUT2D eigenvalue weighted by molar-refractivity contribution is 0.335. The largest absolute Gasteiger partial charge is 0.333 e. The standard InChI is InChI=1S/C15H19N3O/c1-15(2)8-4-3-5-12(15)11(9-16)14-17-13(18-19-14)10-6-7-10/h10H,3-8H2,1-2H3. The number of allylic oxidation sites excluding steroid dienone is 2. The molecule has 0 saturated heterocycles. The van der Waals surface area contributed by atoms with Crippen LogP contribution in [0.15, 0.2) is 10.1 Å². The van der Waals surface area contributed by atoms with Gasteiger partial charge in [0.05, 0.1) is 0 Å². The Kier molecular flexibility index (Phi) is 2.93. The van der Waals surface area contributed by atoms with E-state index in [4.69, 9.17) is 4.52 Å². The maximum atomic E-state index is 9.49. The van der Waals surface area contributed by atoms with E-state index in [0.717, 1.165) is 37.9 Å². The molecule has 0 N–H and O–H groups in total. The van der Waals surface area contributed by atoms with E-state index in [-0.39, 0.29) is 5.41 Å². The van der Waals surface area contributed by atoms with Crippen molar-refractivity contribution in [2.45, 2.75) is 58.3 Å². The zero-order valence-electron chi connectivity index (χ0n) is 11.6. The molecule has 19 heavy (non-hydrogen) atoms. The van der Waals surface area contributed by atoms with Gasteiger partial charge in [0.1, 0.15) is 11.6 Å². The molecule has 1 aromatic heterocycles. The summed E-state index contributed by atoms with van der Waals surface area (Å²) in [6.45, 7) is 4.41. The number of rotatable bonds is 2. The van der Waals surface area contributed by atoms with Crippen molar-refractivity contribution in [1.82, 2.24) is 10.1 Å². The van der Waals surface area contributed by atoms with E-state index in [1.54, 1.807) is 0 Å². The van der Waals surface area contributed by atoms with E-state index in [2.05, 4.69) is 30.1 Å². The first-order valence-corrected chi connectivity index (χ1v) is 7.09. The summed E-state index contributed by atoms with van der Waals surface area (Å²) in [6.07, 6.45) is 6.75. The van der Waals surface area contributed by atoms with Crippen LogP contribution in [0, 0.1) is 16.7 Å². The lowest BCUT2D eigenvalue weighted by Crippen LogP contribution is -2.20. The van der Waals surface area contributed by atoms with Crippen LogP contribution in [0.3, 0.4) is 0 Å². The fourth-order valence-electron chi connectivity index (χ4n) is 2.91. The van der Waals surface area contributed by atoms with Crippen LogP contribution >= 0.6 is 0 Å². The number of nitriles is 1. The second-order valence-corrected chi connectivity index (χ2v) is 6.29. The zero-order chi connectivity index (χ0) is 13.5. The molecule has 1 heterocycles. The van der Waals surface area contributed by atoms with Crippen LogP contribution < -0.4 is 0 Å². The third-order valence-corrected chi connectivity index (χ3v) is 4.31. The first-order chi connectivity index (χ1) is 9.12. The molecule has 2 saturated carbocycles. The first-order valence-electron chi connectivity index (χ1n) is 7.09. The van der Waals surface area contributed by atoms with Crippen LogP contribution in [0.4, 0.5) is 0 Å². The van der Waals surface area contributed by atoms with Gasteiger partial charge in [-0.3, -0.25) is 0 Å². The van der Waals surface area contributed by atoms with Crippen molar-refractivity contribution < 1.29 is 4.52 Å². The highest BCUT2D eigenvalue weighted by molar-refractivity contribution is 5.75. The topological polar surface area (TPSA) is 62.7 Å². The Morgan fingerprint density at radius 2 is 2.16 bits per heavy atom. The molecule has 0 atom stereocenters. The molecule has 3 rings (SSSR count). The average molecular weight is 257 g/mol. The van der Waals surface area contributed by atoms with Crippen LogP contribution in [-0.4, -0.2) is 10.1 Å². The number of nitrogens with zero attached hydrogens (tertiary/aromatic N) is 3. The summed E-state index contributed by atoms with van der Waals surface area (Å²) < 4.78 is 5.32. The minimum absolute atomic E-state index is 0.0670. The lowest BCUT2D eigenvalue weighted by Gasteiger charge is -2.33. The van der Waals surface area contributed by atoms with Gasteiger partial charge in [0.2, 0.25) is 0 Å². The fourth-order valence-corrected chi connectivity index (χ4v) is 2.91. The van der Waals surface area contributed by atoms with Crippen molar-refractivity contribution in [2.75, 3.05) is 0 Å². The molecule has 2 fully saturated rings. The fraction of sp³-hybridized carbons (Fsp3) is 0.667. The van der Waals surface area contributed by atoms with Gasteiger partial charge in [-0.05, 0) is 43.1 Å². The van der Waals surface area contributed by atoms with Gasteiger partial charge in [-0.2, -0.15) is 10.2 Å². The molecule has 0 aliphatic heterocycles.